The molecule has 0 aromatic rings. The molecule has 1 radical (unpaired) electrons. The van der Waals surface area contributed by atoms with Crippen LogP contribution in [-0.2, 0) is 15.2 Å². The summed E-state index contributed by atoms with van der Waals surface area (Å²) in [7, 11) is 0. The molecular weight excluding hydrogens is 120 g/mol. The van der Waals surface area contributed by atoms with Crippen LogP contribution >= 0.6 is 0 Å². The highest BCUT2D eigenvalue weighted by Gasteiger charge is 1.87. The molecule has 0 amide bonds. The van der Waals surface area contributed by atoms with Gasteiger partial charge in [0.1, 0.15) is 0 Å². The second kappa shape index (κ2) is 7.88. The van der Waals surface area contributed by atoms with Crippen molar-refractivity contribution >= 4 is 0 Å². The van der Waals surface area contributed by atoms with E-state index in [4.69, 9.17) is 0 Å². The minimum atomic E-state index is 0.420. The third-order valence-corrected chi connectivity index (χ3v) is 1.13. The molecule has 0 fully saturated rings. The zero-order valence-corrected chi connectivity index (χ0v) is 5.76. The largest absolute Gasteiger partial charge is 0.204 e. The van der Waals surface area contributed by atoms with Crippen LogP contribution in [0.15, 0.2) is 0 Å². The van der Waals surface area contributed by atoms with E-state index in [-0.39, 0.29) is 0 Å². The van der Waals surface area contributed by atoms with Crippen molar-refractivity contribution < 1.29 is 15.2 Å². The summed E-state index contributed by atoms with van der Waals surface area (Å²) < 4.78 is 0. The van der Waals surface area contributed by atoms with Crippen LogP contribution in [0, 0.1) is 0 Å². The van der Waals surface area contributed by atoms with Crippen LogP contribution in [0.1, 0.15) is 32.6 Å². The fraction of sp³-hybridized carbons (Fsp3) is 1.00. The van der Waals surface area contributed by atoms with Crippen molar-refractivity contribution in [1.82, 2.24) is 0 Å². The van der Waals surface area contributed by atoms with E-state index < -0.39 is 0 Å². The third kappa shape index (κ3) is 7.88. The average Bonchev–Trinajstić information content (AvgIpc) is 1.89. The van der Waals surface area contributed by atoms with Gasteiger partial charge in [-0.15, -0.1) is 0 Å². The Hall–Kier alpha value is -0.120. The lowest BCUT2D eigenvalue weighted by Crippen LogP contribution is -1.91. The van der Waals surface area contributed by atoms with Crippen molar-refractivity contribution in [3.63, 3.8) is 0 Å². The zero-order chi connectivity index (χ0) is 6.95. The fourth-order valence-electron chi connectivity index (χ4n) is 0.622. The van der Waals surface area contributed by atoms with Crippen LogP contribution in [0.25, 0.3) is 0 Å². The van der Waals surface area contributed by atoms with E-state index in [2.05, 4.69) is 16.8 Å². The first-order chi connectivity index (χ1) is 4.41. The molecule has 0 unspecified atom stereocenters. The lowest BCUT2D eigenvalue weighted by Gasteiger charge is -1.94. The van der Waals surface area contributed by atoms with Crippen LogP contribution in [0.2, 0.25) is 0 Å². The van der Waals surface area contributed by atoms with Gasteiger partial charge in [0.25, 0.3) is 0 Å². The molecule has 0 aromatic heterocycles. The summed E-state index contributed by atoms with van der Waals surface area (Å²) in [6.07, 6.45) is 4.41. The Bertz CT molecular complexity index is 41.6. The molecule has 0 saturated carbocycles. The van der Waals surface area contributed by atoms with Gasteiger partial charge in [-0.2, -0.15) is 0 Å². The number of hydrogen-bond donors (Lipinski definition) is 0. The van der Waals surface area contributed by atoms with Gasteiger partial charge in [-0.3, -0.25) is 0 Å². The lowest BCUT2D eigenvalue weighted by molar-refractivity contribution is -0.527. The molecule has 0 atom stereocenters. The summed E-state index contributed by atoms with van der Waals surface area (Å²) in [5, 5.41) is 12.4. The Morgan fingerprint density at radius 1 is 1.22 bits per heavy atom. The van der Waals surface area contributed by atoms with Crippen LogP contribution < -0.4 is 0 Å². The van der Waals surface area contributed by atoms with Gasteiger partial charge in [-0.1, -0.05) is 26.2 Å². The predicted octanol–water partition coefficient (Wildman–Crippen LogP) is 1.86. The zero-order valence-electron chi connectivity index (χ0n) is 5.76. The highest BCUT2D eigenvalue weighted by atomic mass is 17.5. The van der Waals surface area contributed by atoms with Gasteiger partial charge in [0.15, 0.2) is 0 Å². The predicted molar refractivity (Wildman–Crippen MR) is 31.9 cm³/mol. The molecule has 3 nitrogen and oxygen atoms in total. The number of unbranched alkanes of at least 4 members (excludes halogenated alkanes) is 3. The maximum Gasteiger partial charge on any atom is 0.0855 e. The molecule has 0 spiro atoms. The van der Waals surface area contributed by atoms with E-state index in [0.717, 1.165) is 12.8 Å². The Morgan fingerprint density at radius 3 is 2.56 bits per heavy atom. The molecule has 0 aliphatic rings. The van der Waals surface area contributed by atoms with Crippen molar-refractivity contribution in [2.24, 2.45) is 0 Å². The first kappa shape index (κ1) is 8.88. The minimum absolute atomic E-state index is 0.420. The molecule has 55 valence electrons. The summed E-state index contributed by atoms with van der Waals surface area (Å²) in [5.74, 6) is 0. The van der Waals surface area contributed by atoms with Crippen molar-refractivity contribution in [3.8, 4) is 0 Å². The topological polar surface area (TPSA) is 38.4 Å². The summed E-state index contributed by atoms with van der Waals surface area (Å²) >= 11 is 0. The second-order valence-electron chi connectivity index (χ2n) is 1.95. The minimum Gasteiger partial charge on any atom is -0.204 e. The fourth-order valence-corrected chi connectivity index (χ4v) is 0.622. The standard InChI is InChI=1S/C6H13O3/c1-2-3-4-5-6-8-9-7/h2-6H2,1H3. The molecule has 0 heterocycles. The quantitative estimate of drug-likeness (QED) is 0.315. The highest BCUT2D eigenvalue weighted by molar-refractivity contribution is 4.36. The van der Waals surface area contributed by atoms with Gasteiger partial charge in [-0.25, -0.2) is 4.89 Å². The Labute approximate surface area is 55.4 Å². The maximum absolute atomic E-state index is 9.24. The van der Waals surface area contributed by atoms with E-state index in [9.17, 15) is 5.26 Å². The van der Waals surface area contributed by atoms with Crippen molar-refractivity contribution in [3.05, 3.63) is 0 Å². The molecule has 0 N–H and O–H groups in total. The van der Waals surface area contributed by atoms with Gasteiger partial charge in [-0.05, 0) is 16.7 Å². The summed E-state index contributed by atoms with van der Waals surface area (Å²) in [6, 6.07) is 0. The highest BCUT2D eigenvalue weighted by Crippen LogP contribution is 1.98. The molecule has 0 aromatic carbocycles. The first-order valence-corrected chi connectivity index (χ1v) is 3.33. The lowest BCUT2D eigenvalue weighted by atomic mass is 10.2. The van der Waals surface area contributed by atoms with Gasteiger partial charge in [0.2, 0.25) is 0 Å². The van der Waals surface area contributed by atoms with Crippen molar-refractivity contribution in [2.45, 2.75) is 32.6 Å². The maximum atomic E-state index is 9.24. The summed E-state index contributed by atoms with van der Waals surface area (Å²) in [5.41, 5.74) is 0. The summed E-state index contributed by atoms with van der Waals surface area (Å²) in [4.78, 5) is 4.12. The van der Waals surface area contributed by atoms with E-state index in [1.54, 1.807) is 0 Å². The molecule has 3 heteroatoms. The van der Waals surface area contributed by atoms with Crippen LogP contribution in [0.4, 0.5) is 0 Å². The molecule has 9 heavy (non-hydrogen) atoms. The van der Waals surface area contributed by atoms with E-state index >= 15 is 0 Å². The van der Waals surface area contributed by atoms with Crippen LogP contribution in [0.5, 0.6) is 0 Å². The van der Waals surface area contributed by atoms with Gasteiger partial charge < -0.3 is 0 Å². The Balaban J connectivity index is 2.60. The molecule has 0 bridgehead atoms. The molecule has 0 rings (SSSR count). The molecule has 0 aliphatic carbocycles. The molecular formula is C6H13O3. The average molecular weight is 133 g/mol. The monoisotopic (exact) mass is 133 g/mol. The van der Waals surface area contributed by atoms with E-state index in [1.807, 2.05) is 0 Å². The smallest absolute Gasteiger partial charge is 0.0855 e. The van der Waals surface area contributed by atoms with Crippen LogP contribution in [0.3, 0.4) is 0 Å². The van der Waals surface area contributed by atoms with E-state index in [1.165, 1.54) is 12.8 Å². The second-order valence-corrected chi connectivity index (χ2v) is 1.95. The van der Waals surface area contributed by atoms with Gasteiger partial charge >= 0.3 is 0 Å². The first-order valence-electron chi connectivity index (χ1n) is 3.33. The molecule has 0 saturated heterocycles. The SMILES string of the molecule is CCCCCCOO[O]. The Morgan fingerprint density at radius 2 is 2.00 bits per heavy atom. The summed E-state index contributed by atoms with van der Waals surface area (Å²) in [6.45, 7) is 2.55. The van der Waals surface area contributed by atoms with Gasteiger partial charge in [0, 0.05) is 0 Å². The van der Waals surface area contributed by atoms with Crippen molar-refractivity contribution in [2.75, 3.05) is 6.61 Å². The van der Waals surface area contributed by atoms with Crippen molar-refractivity contribution in [1.29, 1.82) is 0 Å². The van der Waals surface area contributed by atoms with E-state index in [0.29, 0.717) is 6.61 Å². The number of hydrogen-bond acceptors (Lipinski definition) is 2. The van der Waals surface area contributed by atoms with Crippen LogP contribution in [-0.4, -0.2) is 6.61 Å². The number of rotatable bonds is 6. The van der Waals surface area contributed by atoms with Gasteiger partial charge in [0.05, 0.1) is 6.61 Å². The normalized spacial score (nSPS) is 10.0. The Kier molecular flexibility index (Phi) is 7.77. The molecule has 0 aliphatic heterocycles. The third-order valence-electron chi connectivity index (χ3n) is 1.13.